The topological polar surface area (TPSA) is 41.0 Å². The Bertz CT molecular complexity index is 587. The molecule has 0 atom stereocenters. The minimum Gasteiger partial charge on any atom is -0.365 e. The molecule has 0 saturated heterocycles. The molecule has 0 fully saturated rings. The molecule has 1 aromatic heterocycles. The molecule has 0 unspecified atom stereocenters. The Kier molecular flexibility index (Phi) is 5.52. The number of nitrogens with zero attached hydrogens (tertiary/aromatic N) is 3. The molecule has 0 radical (unpaired) electrons. The molecule has 0 bridgehead atoms. The summed E-state index contributed by atoms with van der Waals surface area (Å²) in [5, 5.41) is 12.1. The van der Waals surface area contributed by atoms with Gasteiger partial charge in [-0.15, -0.1) is 22.0 Å². The van der Waals surface area contributed by atoms with E-state index in [1.165, 1.54) is 0 Å². The first-order chi connectivity index (χ1) is 10.1. The second kappa shape index (κ2) is 7.38. The van der Waals surface area contributed by atoms with Crippen LogP contribution in [0.15, 0.2) is 35.4 Å². The van der Waals surface area contributed by atoms with Crippen LogP contribution in [0.2, 0.25) is 0 Å². The Morgan fingerprint density at radius 1 is 1.19 bits per heavy atom. The van der Waals surface area contributed by atoms with E-state index in [1.807, 2.05) is 49.5 Å². The molecule has 0 amide bonds. The first kappa shape index (κ1) is 15.7. The number of thioether (sulfide) groups is 1. The summed E-state index contributed by atoms with van der Waals surface area (Å²) in [4.78, 5) is 1.94. The number of nitrogens with one attached hydrogen (secondary N) is 1. The summed E-state index contributed by atoms with van der Waals surface area (Å²) in [6.07, 6.45) is 1.95. The highest BCUT2D eigenvalue weighted by Gasteiger charge is 2.05. The quantitative estimate of drug-likeness (QED) is 0.831. The van der Waals surface area contributed by atoms with Crippen molar-refractivity contribution in [2.24, 2.45) is 0 Å². The molecule has 0 spiro atoms. The van der Waals surface area contributed by atoms with Gasteiger partial charge in [-0.2, -0.15) is 0 Å². The third kappa shape index (κ3) is 4.68. The van der Waals surface area contributed by atoms with Crippen LogP contribution in [0.4, 0.5) is 10.2 Å². The van der Waals surface area contributed by atoms with Crippen molar-refractivity contribution in [1.29, 1.82) is 0 Å². The van der Waals surface area contributed by atoms with Crippen molar-refractivity contribution in [2.75, 3.05) is 25.7 Å². The van der Waals surface area contributed by atoms with E-state index in [0.29, 0.717) is 24.5 Å². The lowest BCUT2D eigenvalue weighted by Crippen LogP contribution is -2.12. The van der Waals surface area contributed by atoms with Crippen LogP contribution in [0.5, 0.6) is 0 Å². The van der Waals surface area contributed by atoms with E-state index < -0.39 is 0 Å². The van der Waals surface area contributed by atoms with Gasteiger partial charge in [0, 0.05) is 18.7 Å². The van der Waals surface area contributed by atoms with Gasteiger partial charge >= 0.3 is 0 Å². The summed E-state index contributed by atoms with van der Waals surface area (Å²) in [5.41, 5.74) is 1.58. The van der Waals surface area contributed by atoms with Crippen molar-refractivity contribution in [1.82, 2.24) is 15.1 Å². The van der Waals surface area contributed by atoms with Crippen LogP contribution < -0.4 is 5.32 Å². The maximum absolute atomic E-state index is 13.9. The Hall–Kier alpha value is -1.66. The van der Waals surface area contributed by atoms with Gasteiger partial charge in [0.25, 0.3) is 0 Å². The zero-order valence-corrected chi connectivity index (χ0v) is 13.2. The van der Waals surface area contributed by atoms with Crippen LogP contribution in [0.25, 0.3) is 0 Å². The van der Waals surface area contributed by atoms with E-state index in [-0.39, 0.29) is 5.82 Å². The average molecular weight is 306 g/mol. The van der Waals surface area contributed by atoms with Crippen molar-refractivity contribution in [3.8, 4) is 0 Å². The monoisotopic (exact) mass is 306 g/mol. The third-order valence-electron chi connectivity index (χ3n) is 2.93. The number of hydrogen-bond donors (Lipinski definition) is 1. The first-order valence-corrected chi connectivity index (χ1v) is 7.84. The van der Waals surface area contributed by atoms with Crippen molar-refractivity contribution < 1.29 is 4.39 Å². The first-order valence-electron chi connectivity index (χ1n) is 6.62. The highest BCUT2D eigenvalue weighted by atomic mass is 32.2. The second-order valence-electron chi connectivity index (χ2n) is 4.98. The highest BCUT2D eigenvalue weighted by Crippen LogP contribution is 2.14. The molecule has 21 heavy (non-hydrogen) atoms. The fourth-order valence-corrected chi connectivity index (χ4v) is 2.21. The molecule has 2 rings (SSSR count). The van der Waals surface area contributed by atoms with Gasteiger partial charge in [0.1, 0.15) is 16.7 Å². The number of rotatable bonds is 6. The fourth-order valence-electron chi connectivity index (χ4n) is 1.89. The van der Waals surface area contributed by atoms with E-state index in [0.717, 1.165) is 10.6 Å². The van der Waals surface area contributed by atoms with Crippen LogP contribution in [-0.4, -0.2) is 35.4 Å². The molecule has 0 saturated carbocycles. The smallest absolute Gasteiger partial charge is 0.148 e. The maximum Gasteiger partial charge on any atom is 0.148 e. The lowest BCUT2D eigenvalue weighted by Gasteiger charge is -2.12. The van der Waals surface area contributed by atoms with Crippen LogP contribution in [0.3, 0.4) is 0 Å². The fraction of sp³-hybridized carbons (Fsp3) is 0.333. The molecule has 0 aliphatic heterocycles. The second-order valence-corrected chi connectivity index (χ2v) is 5.80. The Morgan fingerprint density at radius 2 is 2.00 bits per heavy atom. The lowest BCUT2D eigenvalue weighted by atomic mass is 10.1. The van der Waals surface area contributed by atoms with Gasteiger partial charge in [-0.3, -0.25) is 0 Å². The Labute approximate surface area is 128 Å². The summed E-state index contributed by atoms with van der Waals surface area (Å²) in [7, 11) is 3.84. The number of benzene rings is 1. The number of aromatic nitrogens is 2. The van der Waals surface area contributed by atoms with Gasteiger partial charge in [0.15, 0.2) is 0 Å². The zero-order valence-electron chi connectivity index (χ0n) is 12.4. The van der Waals surface area contributed by atoms with E-state index in [4.69, 9.17) is 0 Å². The number of anilines is 1. The third-order valence-corrected chi connectivity index (χ3v) is 3.56. The highest BCUT2D eigenvalue weighted by molar-refractivity contribution is 7.98. The van der Waals surface area contributed by atoms with E-state index in [2.05, 4.69) is 15.5 Å². The molecule has 6 heteroatoms. The molecule has 1 aromatic carbocycles. The summed E-state index contributed by atoms with van der Waals surface area (Å²) in [5.74, 6) is 0.511. The molecular weight excluding hydrogens is 287 g/mol. The van der Waals surface area contributed by atoms with Crippen molar-refractivity contribution >= 4 is 17.6 Å². The van der Waals surface area contributed by atoms with Crippen molar-refractivity contribution in [3.05, 3.63) is 47.3 Å². The maximum atomic E-state index is 13.9. The largest absolute Gasteiger partial charge is 0.365 e. The van der Waals surface area contributed by atoms with Crippen LogP contribution in [0.1, 0.15) is 11.1 Å². The summed E-state index contributed by atoms with van der Waals surface area (Å²) < 4.78 is 13.9. The minimum atomic E-state index is -0.174. The van der Waals surface area contributed by atoms with Crippen LogP contribution >= 0.6 is 11.8 Å². The van der Waals surface area contributed by atoms with Gasteiger partial charge in [-0.25, -0.2) is 4.39 Å². The zero-order chi connectivity index (χ0) is 15.2. The number of halogens is 1. The molecule has 2 aromatic rings. The molecule has 1 N–H and O–H groups in total. The standard InChI is InChI=1S/C15H19FN4S/c1-20(2)10-12-5-4-11(8-13(12)16)9-17-14-6-7-15(21-3)19-18-14/h4-8H,9-10H2,1-3H3,(H,17,18). The van der Waals surface area contributed by atoms with E-state index in [9.17, 15) is 4.39 Å². The van der Waals surface area contributed by atoms with E-state index in [1.54, 1.807) is 17.8 Å². The van der Waals surface area contributed by atoms with Crippen molar-refractivity contribution in [3.63, 3.8) is 0 Å². The van der Waals surface area contributed by atoms with Gasteiger partial charge in [-0.05, 0) is 44.1 Å². The SMILES string of the molecule is CSc1ccc(NCc2ccc(CN(C)C)c(F)c2)nn1. The predicted octanol–water partition coefficient (Wildman–Crippen LogP) is 3.01. The summed E-state index contributed by atoms with van der Waals surface area (Å²) >= 11 is 1.55. The lowest BCUT2D eigenvalue weighted by molar-refractivity contribution is 0.392. The number of hydrogen-bond acceptors (Lipinski definition) is 5. The normalized spacial score (nSPS) is 10.9. The van der Waals surface area contributed by atoms with Gasteiger partial charge in [0.2, 0.25) is 0 Å². The molecule has 0 aliphatic carbocycles. The van der Waals surface area contributed by atoms with Crippen molar-refractivity contribution in [2.45, 2.75) is 18.1 Å². The summed E-state index contributed by atoms with van der Waals surface area (Å²) in [6.45, 7) is 1.12. The Morgan fingerprint density at radius 3 is 2.57 bits per heavy atom. The van der Waals surface area contributed by atoms with Crippen LogP contribution in [-0.2, 0) is 13.1 Å². The van der Waals surface area contributed by atoms with Gasteiger partial charge in [-0.1, -0.05) is 12.1 Å². The molecule has 0 aliphatic rings. The van der Waals surface area contributed by atoms with Gasteiger partial charge < -0.3 is 10.2 Å². The molecule has 4 nitrogen and oxygen atoms in total. The minimum absolute atomic E-state index is 0.174. The molecule has 112 valence electrons. The van der Waals surface area contributed by atoms with E-state index >= 15 is 0 Å². The Balaban J connectivity index is 1.98. The summed E-state index contributed by atoms with van der Waals surface area (Å²) in [6, 6.07) is 9.10. The molecule has 1 heterocycles. The van der Waals surface area contributed by atoms with Gasteiger partial charge in [0.05, 0.1) is 0 Å². The predicted molar refractivity (Wildman–Crippen MR) is 84.9 cm³/mol. The van der Waals surface area contributed by atoms with Crippen LogP contribution in [0, 0.1) is 5.82 Å². The molecular formula is C15H19FN4S. The average Bonchev–Trinajstić information content (AvgIpc) is 2.48.